The summed E-state index contributed by atoms with van der Waals surface area (Å²) in [5.74, 6) is 0.536. The predicted molar refractivity (Wildman–Crippen MR) is 60.0 cm³/mol. The molecule has 0 aliphatic rings. The van der Waals surface area contributed by atoms with Crippen LogP contribution in [0.4, 0.5) is 0 Å². The molecule has 0 atom stereocenters. The second kappa shape index (κ2) is 5.07. The van der Waals surface area contributed by atoms with Gasteiger partial charge in [0, 0.05) is 6.07 Å². The molecular formula is C11H11N5O. The van der Waals surface area contributed by atoms with Crippen LogP contribution in [0, 0.1) is 11.3 Å². The van der Waals surface area contributed by atoms with Crippen molar-refractivity contribution >= 4 is 0 Å². The third-order valence-electron chi connectivity index (χ3n) is 2.19. The molecule has 0 aromatic carbocycles. The van der Waals surface area contributed by atoms with Gasteiger partial charge in [0.05, 0.1) is 38.0 Å². The molecule has 6 heteroatoms. The summed E-state index contributed by atoms with van der Waals surface area (Å²) in [7, 11) is 1.57. The minimum atomic E-state index is 0.411. The second-order valence-electron chi connectivity index (χ2n) is 3.34. The minimum absolute atomic E-state index is 0.411. The van der Waals surface area contributed by atoms with Crippen LogP contribution >= 0.6 is 0 Å². The Morgan fingerprint density at radius 1 is 1.41 bits per heavy atom. The van der Waals surface area contributed by atoms with E-state index in [1.807, 2.05) is 12.1 Å². The number of methoxy groups -OCH3 is 1. The SMILES string of the molecule is COc1cccc(-c2cn(CCC#N)nn2)n1. The monoisotopic (exact) mass is 229 g/mol. The molecule has 2 aromatic rings. The Morgan fingerprint density at radius 2 is 2.29 bits per heavy atom. The van der Waals surface area contributed by atoms with Crippen molar-refractivity contribution in [3.63, 3.8) is 0 Å². The normalized spacial score (nSPS) is 9.88. The van der Waals surface area contributed by atoms with E-state index in [9.17, 15) is 0 Å². The molecule has 2 heterocycles. The molecule has 0 radical (unpaired) electrons. The molecule has 2 rings (SSSR count). The minimum Gasteiger partial charge on any atom is -0.481 e. The molecule has 0 N–H and O–H groups in total. The maximum absolute atomic E-state index is 8.48. The lowest BCUT2D eigenvalue weighted by Crippen LogP contribution is -1.97. The van der Waals surface area contributed by atoms with Crippen LogP contribution in [0.5, 0.6) is 5.88 Å². The van der Waals surface area contributed by atoms with E-state index in [0.717, 1.165) is 0 Å². The smallest absolute Gasteiger partial charge is 0.213 e. The Labute approximate surface area is 98.5 Å². The first kappa shape index (κ1) is 11.1. The quantitative estimate of drug-likeness (QED) is 0.788. The van der Waals surface area contributed by atoms with Crippen molar-refractivity contribution in [1.82, 2.24) is 20.0 Å². The van der Waals surface area contributed by atoms with Crippen LogP contribution in [-0.2, 0) is 6.54 Å². The van der Waals surface area contributed by atoms with E-state index in [0.29, 0.717) is 30.2 Å². The van der Waals surface area contributed by atoms with Gasteiger partial charge in [0.25, 0.3) is 0 Å². The van der Waals surface area contributed by atoms with Crippen LogP contribution in [0.1, 0.15) is 6.42 Å². The van der Waals surface area contributed by atoms with Gasteiger partial charge in [0.1, 0.15) is 5.69 Å². The first-order valence-electron chi connectivity index (χ1n) is 5.12. The van der Waals surface area contributed by atoms with Gasteiger partial charge in [-0.3, -0.25) is 4.68 Å². The molecular weight excluding hydrogens is 218 g/mol. The summed E-state index contributed by atoms with van der Waals surface area (Å²) >= 11 is 0. The van der Waals surface area contributed by atoms with Gasteiger partial charge in [0.2, 0.25) is 5.88 Å². The number of aromatic nitrogens is 4. The maximum atomic E-state index is 8.48. The zero-order valence-corrected chi connectivity index (χ0v) is 9.37. The van der Waals surface area contributed by atoms with Crippen LogP contribution in [0.25, 0.3) is 11.4 Å². The Morgan fingerprint density at radius 3 is 3.06 bits per heavy atom. The average Bonchev–Trinajstić information content (AvgIpc) is 2.85. The van der Waals surface area contributed by atoms with Gasteiger partial charge >= 0.3 is 0 Å². The van der Waals surface area contributed by atoms with E-state index in [1.165, 1.54) is 0 Å². The van der Waals surface area contributed by atoms with Crippen molar-refractivity contribution in [3.05, 3.63) is 24.4 Å². The van der Waals surface area contributed by atoms with Gasteiger partial charge in [-0.15, -0.1) is 5.10 Å². The Kier molecular flexibility index (Phi) is 3.31. The molecule has 2 aromatic heterocycles. The third-order valence-corrected chi connectivity index (χ3v) is 2.19. The van der Waals surface area contributed by atoms with Crippen LogP contribution in [0.2, 0.25) is 0 Å². The van der Waals surface area contributed by atoms with E-state index in [1.54, 1.807) is 24.1 Å². The van der Waals surface area contributed by atoms with Gasteiger partial charge in [-0.2, -0.15) is 5.26 Å². The van der Waals surface area contributed by atoms with Gasteiger partial charge < -0.3 is 4.74 Å². The third kappa shape index (κ3) is 2.58. The van der Waals surface area contributed by atoms with Gasteiger partial charge in [-0.25, -0.2) is 4.98 Å². The first-order valence-corrected chi connectivity index (χ1v) is 5.12. The van der Waals surface area contributed by atoms with Crippen LogP contribution < -0.4 is 4.74 Å². The molecule has 86 valence electrons. The molecule has 6 nitrogen and oxygen atoms in total. The van der Waals surface area contributed by atoms with E-state index >= 15 is 0 Å². The largest absolute Gasteiger partial charge is 0.481 e. The molecule has 0 amide bonds. The lowest BCUT2D eigenvalue weighted by Gasteiger charge is -1.99. The summed E-state index contributed by atoms with van der Waals surface area (Å²) < 4.78 is 6.66. The summed E-state index contributed by atoms with van der Waals surface area (Å²) in [6, 6.07) is 7.50. The number of aryl methyl sites for hydroxylation is 1. The molecule has 0 aliphatic carbocycles. The van der Waals surface area contributed by atoms with Crippen molar-refractivity contribution in [2.24, 2.45) is 0 Å². The van der Waals surface area contributed by atoms with Crippen molar-refractivity contribution in [3.8, 4) is 23.3 Å². The van der Waals surface area contributed by atoms with Crippen molar-refractivity contribution in [2.45, 2.75) is 13.0 Å². The van der Waals surface area contributed by atoms with Crippen LogP contribution in [0.15, 0.2) is 24.4 Å². The fraction of sp³-hybridized carbons (Fsp3) is 0.273. The molecule has 17 heavy (non-hydrogen) atoms. The van der Waals surface area contributed by atoms with Crippen molar-refractivity contribution in [2.75, 3.05) is 7.11 Å². The zero-order chi connectivity index (χ0) is 12.1. The number of ether oxygens (including phenoxy) is 1. The van der Waals surface area contributed by atoms with E-state index in [4.69, 9.17) is 10.00 Å². The van der Waals surface area contributed by atoms with Gasteiger partial charge in [-0.1, -0.05) is 11.3 Å². The Balaban J connectivity index is 2.21. The van der Waals surface area contributed by atoms with Crippen molar-refractivity contribution in [1.29, 1.82) is 5.26 Å². The fourth-order valence-corrected chi connectivity index (χ4v) is 1.36. The average molecular weight is 229 g/mol. The van der Waals surface area contributed by atoms with Crippen LogP contribution in [0.3, 0.4) is 0 Å². The molecule has 0 saturated carbocycles. The van der Waals surface area contributed by atoms with E-state index in [-0.39, 0.29) is 0 Å². The molecule has 0 aliphatic heterocycles. The summed E-state index contributed by atoms with van der Waals surface area (Å²) in [5, 5.41) is 16.4. The summed E-state index contributed by atoms with van der Waals surface area (Å²) in [6.45, 7) is 0.535. The fourth-order valence-electron chi connectivity index (χ4n) is 1.36. The first-order chi connectivity index (χ1) is 8.33. The Bertz CT molecular complexity index is 543. The van der Waals surface area contributed by atoms with Gasteiger partial charge in [-0.05, 0) is 6.07 Å². The highest BCUT2D eigenvalue weighted by Crippen LogP contribution is 2.16. The Hall–Kier alpha value is -2.42. The van der Waals surface area contributed by atoms with E-state index < -0.39 is 0 Å². The van der Waals surface area contributed by atoms with Gasteiger partial charge in [0.15, 0.2) is 0 Å². The lowest BCUT2D eigenvalue weighted by atomic mass is 10.3. The van der Waals surface area contributed by atoms with Crippen molar-refractivity contribution < 1.29 is 4.74 Å². The summed E-state index contributed by atoms with van der Waals surface area (Å²) in [4.78, 5) is 4.25. The predicted octanol–water partition coefficient (Wildman–Crippen LogP) is 1.26. The molecule has 0 unspecified atom stereocenters. The highest BCUT2D eigenvalue weighted by atomic mass is 16.5. The summed E-state index contributed by atoms with van der Waals surface area (Å²) in [6.07, 6.45) is 2.17. The number of hydrogen-bond donors (Lipinski definition) is 0. The maximum Gasteiger partial charge on any atom is 0.213 e. The number of nitrogens with zero attached hydrogens (tertiary/aromatic N) is 5. The molecule has 0 fully saturated rings. The number of rotatable bonds is 4. The summed E-state index contributed by atoms with van der Waals surface area (Å²) in [5.41, 5.74) is 1.37. The highest BCUT2D eigenvalue weighted by molar-refractivity contribution is 5.52. The second-order valence-corrected chi connectivity index (χ2v) is 3.34. The van der Waals surface area contributed by atoms with Crippen LogP contribution in [-0.4, -0.2) is 27.1 Å². The molecule has 0 bridgehead atoms. The lowest BCUT2D eigenvalue weighted by molar-refractivity contribution is 0.398. The zero-order valence-electron chi connectivity index (χ0n) is 9.37. The number of hydrogen-bond acceptors (Lipinski definition) is 5. The van der Waals surface area contributed by atoms with E-state index in [2.05, 4.69) is 21.4 Å². The number of nitriles is 1. The topological polar surface area (TPSA) is 76.6 Å². The standard InChI is InChI=1S/C11H11N5O/c1-17-11-5-2-4-9(13-11)10-8-16(15-14-10)7-3-6-12/h2,4-5,8H,3,7H2,1H3. The molecule has 0 saturated heterocycles. The molecule has 0 spiro atoms. The highest BCUT2D eigenvalue weighted by Gasteiger charge is 2.06. The number of pyridine rings is 1.